The summed E-state index contributed by atoms with van der Waals surface area (Å²) in [5.74, 6) is 1.85. The number of fused-ring (bicyclic) bond motifs is 1. The molecule has 0 saturated carbocycles. The topological polar surface area (TPSA) is 33.5 Å². The number of carbonyl (C=O) groups excluding carboxylic acids is 1. The maximum Gasteiger partial charge on any atom is 0.258 e. The molecule has 106 valence electrons. The fraction of sp³-hybridized carbons (Fsp3) is 0.688. The molecule has 1 amide bonds. The van der Waals surface area contributed by atoms with Gasteiger partial charge in [0, 0.05) is 12.1 Å². The second-order valence-electron chi connectivity index (χ2n) is 5.56. The summed E-state index contributed by atoms with van der Waals surface area (Å²) >= 11 is 0. The zero-order chi connectivity index (χ0) is 13.8. The number of amides is 1. The smallest absolute Gasteiger partial charge is 0.258 e. The van der Waals surface area contributed by atoms with E-state index in [4.69, 9.17) is 4.42 Å². The number of hydrogen-bond donors (Lipinski definition) is 0. The molecule has 0 N–H and O–H groups in total. The summed E-state index contributed by atoms with van der Waals surface area (Å²) in [6.07, 6.45) is 7.59. The molecule has 0 aliphatic carbocycles. The number of furan rings is 1. The van der Waals surface area contributed by atoms with Crippen molar-refractivity contribution in [3.63, 3.8) is 0 Å². The summed E-state index contributed by atoms with van der Waals surface area (Å²) in [4.78, 5) is 14.2. The van der Waals surface area contributed by atoms with Gasteiger partial charge in [0.15, 0.2) is 0 Å². The summed E-state index contributed by atoms with van der Waals surface area (Å²) in [5, 5.41) is 0. The van der Waals surface area contributed by atoms with Gasteiger partial charge in [0.2, 0.25) is 0 Å². The van der Waals surface area contributed by atoms with Gasteiger partial charge in [0.05, 0.1) is 12.1 Å². The summed E-state index contributed by atoms with van der Waals surface area (Å²) < 4.78 is 5.53. The Bertz CT molecular complexity index is 448. The van der Waals surface area contributed by atoms with Crippen LogP contribution in [0.5, 0.6) is 0 Å². The molecule has 0 spiro atoms. The predicted octanol–water partition coefficient (Wildman–Crippen LogP) is 4.21. The van der Waals surface area contributed by atoms with Crippen LogP contribution in [0.3, 0.4) is 0 Å². The average Bonchev–Trinajstić information content (AvgIpc) is 2.84. The highest BCUT2D eigenvalue weighted by molar-refractivity contribution is 5.99. The first-order valence-corrected chi connectivity index (χ1v) is 7.53. The first-order chi connectivity index (χ1) is 9.15. The molecule has 2 rings (SSSR count). The summed E-state index contributed by atoms with van der Waals surface area (Å²) in [6.45, 7) is 7.70. The number of aryl methyl sites for hydroxylation is 2. The molecule has 2 heterocycles. The average molecular weight is 263 g/mol. The molecule has 1 aromatic heterocycles. The van der Waals surface area contributed by atoms with Crippen LogP contribution in [-0.2, 0) is 6.54 Å². The van der Waals surface area contributed by atoms with Gasteiger partial charge in [-0.1, -0.05) is 39.0 Å². The van der Waals surface area contributed by atoms with Gasteiger partial charge in [-0.05, 0) is 20.3 Å². The quantitative estimate of drug-likeness (QED) is 0.690. The van der Waals surface area contributed by atoms with Gasteiger partial charge in [-0.15, -0.1) is 0 Å². The second-order valence-corrected chi connectivity index (χ2v) is 5.56. The summed E-state index contributed by atoms with van der Waals surface area (Å²) in [6, 6.07) is 0. The number of carbonyl (C=O) groups is 1. The van der Waals surface area contributed by atoms with Crippen molar-refractivity contribution < 1.29 is 9.21 Å². The van der Waals surface area contributed by atoms with Crippen LogP contribution in [0.4, 0.5) is 0 Å². The highest BCUT2D eigenvalue weighted by Gasteiger charge is 2.32. The standard InChI is InChI=1S/C16H25NO2/c1-4-5-6-7-8-9-10-17-11-14-12(2)19-13(3)15(14)16(17)18/h4-11H2,1-3H3. The monoisotopic (exact) mass is 263 g/mol. The van der Waals surface area contributed by atoms with Crippen molar-refractivity contribution in [3.8, 4) is 0 Å². The molecule has 1 aliphatic heterocycles. The van der Waals surface area contributed by atoms with E-state index in [2.05, 4.69) is 6.92 Å². The minimum Gasteiger partial charge on any atom is -0.465 e. The van der Waals surface area contributed by atoms with Crippen LogP contribution in [0.15, 0.2) is 4.42 Å². The number of rotatable bonds is 7. The van der Waals surface area contributed by atoms with Gasteiger partial charge < -0.3 is 9.32 Å². The second kappa shape index (κ2) is 6.27. The van der Waals surface area contributed by atoms with Crippen LogP contribution in [0, 0.1) is 13.8 Å². The largest absolute Gasteiger partial charge is 0.465 e. The zero-order valence-corrected chi connectivity index (χ0v) is 12.4. The van der Waals surface area contributed by atoms with Gasteiger partial charge >= 0.3 is 0 Å². The Balaban J connectivity index is 1.79. The molecule has 0 unspecified atom stereocenters. The third-order valence-corrected chi connectivity index (χ3v) is 4.02. The van der Waals surface area contributed by atoms with Crippen molar-refractivity contribution in [2.24, 2.45) is 0 Å². The molecule has 0 fully saturated rings. The minimum absolute atomic E-state index is 0.165. The van der Waals surface area contributed by atoms with Crippen molar-refractivity contribution in [2.45, 2.75) is 65.8 Å². The van der Waals surface area contributed by atoms with Gasteiger partial charge in [-0.3, -0.25) is 4.79 Å². The molecule has 0 atom stereocenters. The van der Waals surface area contributed by atoms with Crippen molar-refractivity contribution in [3.05, 3.63) is 22.6 Å². The van der Waals surface area contributed by atoms with Crippen LogP contribution in [0.25, 0.3) is 0 Å². The molecule has 19 heavy (non-hydrogen) atoms. The van der Waals surface area contributed by atoms with Gasteiger partial charge in [0.1, 0.15) is 11.5 Å². The maximum absolute atomic E-state index is 12.3. The van der Waals surface area contributed by atoms with E-state index in [1.54, 1.807) is 0 Å². The molecule has 1 aromatic rings. The van der Waals surface area contributed by atoms with Gasteiger partial charge in [-0.25, -0.2) is 0 Å². The Kier molecular flexibility index (Phi) is 4.67. The van der Waals surface area contributed by atoms with Crippen LogP contribution < -0.4 is 0 Å². The van der Waals surface area contributed by atoms with E-state index < -0.39 is 0 Å². The van der Waals surface area contributed by atoms with Crippen LogP contribution in [0.2, 0.25) is 0 Å². The SMILES string of the molecule is CCCCCCCCN1Cc2c(C)oc(C)c2C1=O. The number of nitrogens with zero attached hydrogens (tertiary/aromatic N) is 1. The van der Waals surface area contributed by atoms with Crippen molar-refractivity contribution in [1.29, 1.82) is 0 Å². The first-order valence-electron chi connectivity index (χ1n) is 7.53. The Morgan fingerprint density at radius 1 is 1.05 bits per heavy atom. The van der Waals surface area contributed by atoms with Crippen LogP contribution in [-0.4, -0.2) is 17.4 Å². The molecule has 0 bridgehead atoms. The van der Waals surface area contributed by atoms with E-state index in [1.165, 1.54) is 32.1 Å². The molecular weight excluding hydrogens is 238 g/mol. The van der Waals surface area contributed by atoms with Crippen molar-refractivity contribution >= 4 is 5.91 Å². The molecule has 3 heteroatoms. The molecule has 0 saturated heterocycles. The number of unbranched alkanes of at least 4 members (excludes halogenated alkanes) is 5. The fourth-order valence-corrected chi connectivity index (χ4v) is 2.89. The molecule has 0 aromatic carbocycles. The minimum atomic E-state index is 0.165. The van der Waals surface area contributed by atoms with Gasteiger partial charge in [0.25, 0.3) is 5.91 Å². The highest BCUT2D eigenvalue weighted by atomic mass is 16.3. The van der Waals surface area contributed by atoms with Gasteiger partial charge in [-0.2, -0.15) is 0 Å². The molecule has 3 nitrogen and oxygen atoms in total. The van der Waals surface area contributed by atoms with E-state index in [0.717, 1.165) is 42.2 Å². The Hall–Kier alpha value is -1.25. The lowest BCUT2D eigenvalue weighted by Gasteiger charge is -2.16. The van der Waals surface area contributed by atoms with E-state index >= 15 is 0 Å². The summed E-state index contributed by atoms with van der Waals surface area (Å²) in [7, 11) is 0. The lowest BCUT2D eigenvalue weighted by molar-refractivity contribution is 0.0771. The van der Waals surface area contributed by atoms with Crippen LogP contribution in [0.1, 0.15) is 72.9 Å². The lowest BCUT2D eigenvalue weighted by Crippen LogP contribution is -2.25. The fourth-order valence-electron chi connectivity index (χ4n) is 2.89. The lowest BCUT2D eigenvalue weighted by atomic mass is 10.1. The first kappa shape index (κ1) is 14.2. The molecule has 1 aliphatic rings. The highest BCUT2D eigenvalue weighted by Crippen LogP contribution is 2.30. The van der Waals surface area contributed by atoms with E-state index in [-0.39, 0.29) is 5.91 Å². The third kappa shape index (κ3) is 3.02. The van der Waals surface area contributed by atoms with E-state index in [9.17, 15) is 4.79 Å². The van der Waals surface area contributed by atoms with Crippen molar-refractivity contribution in [2.75, 3.05) is 6.54 Å². The zero-order valence-electron chi connectivity index (χ0n) is 12.4. The Morgan fingerprint density at radius 2 is 1.74 bits per heavy atom. The third-order valence-electron chi connectivity index (χ3n) is 4.02. The Labute approximate surface area is 116 Å². The maximum atomic E-state index is 12.3. The van der Waals surface area contributed by atoms with Crippen LogP contribution >= 0.6 is 0 Å². The van der Waals surface area contributed by atoms with E-state index in [1.807, 2.05) is 18.7 Å². The summed E-state index contributed by atoms with van der Waals surface area (Å²) in [5.41, 5.74) is 1.93. The Morgan fingerprint density at radius 3 is 2.42 bits per heavy atom. The normalized spacial score (nSPS) is 14.3. The number of hydrogen-bond acceptors (Lipinski definition) is 2. The van der Waals surface area contributed by atoms with E-state index in [0.29, 0.717) is 0 Å². The van der Waals surface area contributed by atoms with Crippen molar-refractivity contribution in [1.82, 2.24) is 4.90 Å². The predicted molar refractivity (Wildman–Crippen MR) is 76.3 cm³/mol. The molecule has 0 radical (unpaired) electrons. The molecular formula is C16H25NO2.